The molecule has 2 saturated heterocycles. The molecule has 2 aliphatic heterocycles. The van der Waals surface area contributed by atoms with Crippen molar-refractivity contribution in [1.82, 2.24) is 14.7 Å². The van der Waals surface area contributed by atoms with Gasteiger partial charge < -0.3 is 4.74 Å². The fourth-order valence-electron chi connectivity index (χ4n) is 5.15. The number of hydrogen-bond donors (Lipinski definition) is 0. The molecule has 4 heteroatoms. The van der Waals surface area contributed by atoms with E-state index in [2.05, 4.69) is 107 Å². The second-order valence-electron chi connectivity index (χ2n) is 9.48. The highest BCUT2D eigenvalue weighted by molar-refractivity contribution is 5.32. The summed E-state index contributed by atoms with van der Waals surface area (Å²) >= 11 is 0. The topological polar surface area (TPSA) is 19.0 Å². The molecule has 1 atom stereocenters. The van der Waals surface area contributed by atoms with Gasteiger partial charge in [-0.05, 0) is 23.6 Å². The van der Waals surface area contributed by atoms with Crippen LogP contribution >= 0.6 is 0 Å². The summed E-state index contributed by atoms with van der Waals surface area (Å²) in [6.07, 6.45) is 0.307. The summed E-state index contributed by atoms with van der Waals surface area (Å²) in [5.41, 5.74) is 5.44. The average Bonchev–Trinajstić information content (AvgIpc) is 3.30. The first-order valence-electron chi connectivity index (χ1n) is 12.2. The summed E-state index contributed by atoms with van der Waals surface area (Å²) in [6.45, 7) is 10.2. The fourth-order valence-corrected chi connectivity index (χ4v) is 5.15. The third-order valence-corrected chi connectivity index (χ3v) is 6.95. The quantitative estimate of drug-likeness (QED) is 0.535. The maximum absolute atomic E-state index is 6.15. The van der Waals surface area contributed by atoms with Crippen LogP contribution in [0.5, 0.6) is 0 Å². The summed E-state index contributed by atoms with van der Waals surface area (Å²) in [6, 6.07) is 31.1. The number of piperazine rings is 1. The van der Waals surface area contributed by atoms with Crippen molar-refractivity contribution in [1.29, 1.82) is 0 Å². The first-order valence-corrected chi connectivity index (χ1v) is 12.2. The zero-order valence-electron chi connectivity index (χ0n) is 19.6. The van der Waals surface area contributed by atoms with E-state index in [4.69, 9.17) is 4.74 Å². The lowest BCUT2D eigenvalue weighted by Gasteiger charge is -2.40. The van der Waals surface area contributed by atoms with E-state index in [1.807, 2.05) is 0 Å². The van der Waals surface area contributed by atoms with E-state index >= 15 is 0 Å². The van der Waals surface area contributed by atoms with Crippen molar-refractivity contribution >= 4 is 0 Å². The molecular weight excluding hydrogens is 406 g/mol. The van der Waals surface area contributed by atoms with Crippen molar-refractivity contribution < 1.29 is 4.74 Å². The second kappa shape index (κ2) is 10.6. The van der Waals surface area contributed by atoms with Gasteiger partial charge >= 0.3 is 0 Å². The van der Waals surface area contributed by atoms with E-state index < -0.39 is 0 Å². The molecule has 0 aromatic heterocycles. The molecule has 2 fully saturated rings. The predicted molar refractivity (Wildman–Crippen MR) is 134 cm³/mol. The first-order chi connectivity index (χ1) is 16.2. The third kappa shape index (κ3) is 5.71. The van der Waals surface area contributed by atoms with Crippen LogP contribution in [-0.4, -0.2) is 66.8 Å². The Kier molecular flexibility index (Phi) is 7.18. The lowest BCUT2D eigenvalue weighted by Crippen LogP contribution is -2.50. The summed E-state index contributed by atoms with van der Waals surface area (Å²) in [7, 11) is 0. The van der Waals surface area contributed by atoms with Gasteiger partial charge in [-0.1, -0.05) is 90.5 Å². The SMILES string of the molecule is Cc1ccc(CN2COC(CN3CCN(C(c4ccccc4)c4ccccc4)CC3)C2)cc1. The third-order valence-electron chi connectivity index (χ3n) is 6.95. The van der Waals surface area contributed by atoms with Crippen LogP contribution in [0.25, 0.3) is 0 Å². The van der Waals surface area contributed by atoms with Crippen molar-refractivity contribution in [3.63, 3.8) is 0 Å². The molecule has 2 aliphatic rings. The molecule has 3 aromatic carbocycles. The maximum Gasteiger partial charge on any atom is 0.0999 e. The Bertz CT molecular complexity index is 945. The van der Waals surface area contributed by atoms with Gasteiger partial charge in [-0.3, -0.25) is 14.7 Å². The Hall–Kier alpha value is -2.50. The molecule has 0 saturated carbocycles. The summed E-state index contributed by atoms with van der Waals surface area (Å²) in [4.78, 5) is 7.65. The van der Waals surface area contributed by atoms with Crippen LogP contribution in [0.4, 0.5) is 0 Å². The van der Waals surface area contributed by atoms with Crippen molar-refractivity contribution in [3.8, 4) is 0 Å². The Labute approximate surface area is 198 Å². The number of nitrogens with zero attached hydrogens (tertiary/aromatic N) is 3. The summed E-state index contributed by atoms with van der Waals surface area (Å²) in [5, 5.41) is 0. The van der Waals surface area contributed by atoms with Gasteiger partial charge in [0.15, 0.2) is 0 Å². The molecule has 0 N–H and O–H groups in total. The van der Waals surface area contributed by atoms with E-state index in [1.54, 1.807) is 0 Å². The van der Waals surface area contributed by atoms with Gasteiger partial charge in [-0.15, -0.1) is 0 Å². The Morgan fingerprint density at radius 3 is 1.97 bits per heavy atom. The van der Waals surface area contributed by atoms with Gasteiger partial charge in [-0.2, -0.15) is 0 Å². The fraction of sp³-hybridized carbons (Fsp3) is 0.379. The van der Waals surface area contributed by atoms with Crippen LogP contribution in [-0.2, 0) is 11.3 Å². The normalized spacial score (nSPS) is 20.5. The van der Waals surface area contributed by atoms with Crippen LogP contribution in [0.2, 0.25) is 0 Å². The number of hydrogen-bond acceptors (Lipinski definition) is 4. The number of aryl methyl sites for hydroxylation is 1. The highest BCUT2D eigenvalue weighted by Crippen LogP contribution is 2.29. The van der Waals surface area contributed by atoms with E-state index in [9.17, 15) is 0 Å². The van der Waals surface area contributed by atoms with Crippen LogP contribution < -0.4 is 0 Å². The zero-order valence-corrected chi connectivity index (χ0v) is 19.6. The molecule has 2 heterocycles. The van der Waals surface area contributed by atoms with Crippen LogP contribution in [0.15, 0.2) is 84.9 Å². The van der Waals surface area contributed by atoms with Gasteiger partial charge in [0.05, 0.1) is 18.9 Å². The minimum atomic E-state index is 0.307. The van der Waals surface area contributed by atoms with Gasteiger partial charge in [0.1, 0.15) is 0 Å². The molecule has 3 aromatic rings. The van der Waals surface area contributed by atoms with Gasteiger partial charge in [-0.25, -0.2) is 0 Å². The van der Waals surface area contributed by atoms with E-state index in [0.29, 0.717) is 12.1 Å². The van der Waals surface area contributed by atoms with Crippen molar-refractivity contribution in [2.24, 2.45) is 0 Å². The molecule has 0 spiro atoms. The molecule has 0 amide bonds. The molecule has 5 rings (SSSR count). The molecular formula is C29H35N3O. The van der Waals surface area contributed by atoms with E-state index in [-0.39, 0.29) is 0 Å². The van der Waals surface area contributed by atoms with Gasteiger partial charge in [0.25, 0.3) is 0 Å². The lowest BCUT2D eigenvalue weighted by molar-refractivity contribution is 0.0404. The Morgan fingerprint density at radius 2 is 1.36 bits per heavy atom. The van der Waals surface area contributed by atoms with Gasteiger partial charge in [0, 0.05) is 45.8 Å². The molecule has 0 aliphatic carbocycles. The molecule has 1 unspecified atom stereocenters. The smallest absolute Gasteiger partial charge is 0.0999 e. The number of benzene rings is 3. The largest absolute Gasteiger partial charge is 0.360 e. The summed E-state index contributed by atoms with van der Waals surface area (Å²) < 4.78 is 6.15. The molecule has 4 nitrogen and oxygen atoms in total. The molecule has 0 radical (unpaired) electrons. The number of ether oxygens (including phenoxy) is 1. The molecule has 0 bridgehead atoms. The van der Waals surface area contributed by atoms with Gasteiger partial charge in [0.2, 0.25) is 0 Å². The van der Waals surface area contributed by atoms with E-state index in [1.165, 1.54) is 22.3 Å². The van der Waals surface area contributed by atoms with Crippen molar-refractivity contribution in [2.75, 3.05) is 46.0 Å². The van der Waals surface area contributed by atoms with Crippen LogP contribution in [0, 0.1) is 6.92 Å². The standard InChI is InChI=1S/C29H35N3O/c1-24-12-14-25(15-13-24)20-31-22-28(33-23-31)21-30-16-18-32(19-17-30)29(26-8-4-2-5-9-26)27-10-6-3-7-11-27/h2-15,28-29H,16-23H2,1H3. The van der Waals surface area contributed by atoms with E-state index in [0.717, 1.165) is 52.5 Å². The first kappa shape index (κ1) is 22.3. The second-order valence-corrected chi connectivity index (χ2v) is 9.48. The molecule has 172 valence electrons. The predicted octanol–water partition coefficient (Wildman–Crippen LogP) is 4.56. The highest BCUT2D eigenvalue weighted by atomic mass is 16.5. The number of rotatable bonds is 7. The highest BCUT2D eigenvalue weighted by Gasteiger charge is 2.29. The zero-order chi connectivity index (χ0) is 22.5. The van der Waals surface area contributed by atoms with Crippen molar-refractivity contribution in [3.05, 3.63) is 107 Å². The Morgan fingerprint density at radius 1 is 0.758 bits per heavy atom. The minimum absolute atomic E-state index is 0.307. The maximum atomic E-state index is 6.15. The van der Waals surface area contributed by atoms with Crippen molar-refractivity contribution in [2.45, 2.75) is 25.6 Å². The lowest BCUT2D eigenvalue weighted by atomic mass is 9.96. The Balaban J connectivity index is 1.15. The van der Waals surface area contributed by atoms with Crippen LogP contribution in [0.3, 0.4) is 0 Å². The van der Waals surface area contributed by atoms with Crippen LogP contribution in [0.1, 0.15) is 28.3 Å². The summed E-state index contributed by atoms with van der Waals surface area (Å²) in [5.74, 6) is 0. The average molecular weight is 442 g/mol. The minimum Gasteiger partial charge on any atom is -0.360 e. The monoisotopic (exact) mass is 441 g/mol. The molecule has 33 heavy (non-hydrogen) atoms.